The number of hydrogen-bond acceptors (Lipinski definition) is 1. The lowest BCUT2D eigenvalue weighted by atomic mass is 9.93. The molecule has 3 atom stereocenters. The van der Waals surface area contributed by atoms with E-state index in [1.165, 1.54) is 5.56 Å². The zero-order valence-electron chi connectivity index (χ0n) is 7.59. The average molecular weight is 202 g/mol. The van der Waals surface area contributed by atoms with Gasteiger partial charge in [-0.3, -0.25) is 4.21 Å². The second-order valence-electron chi connectivity index (χ2n) is 3.60. The molecule has 0 saturated carbocycles. The van der Waals surface area contributed by atoms with Crippen molar-refractivity contribution in [2.24, 2.45) is 0 Å². The highest BCUT2D eigenvalue weighted by Gasteiger charge is 2.35. The molecular weight excluding hydrogens is 192 g/mol. The molecule has 1 aromatic carbocycles. The number of rotatable bonds is 0. The van der Waals surface area contributed by atoms with E-state index in [0.29, 0.717) is 5.92 Å². The van der Waals surface area contributed by atoms with Gasteiger partial charge in [0.15, 0.2) is 0 Å². The van der Waals surface area contributed by atoms with Crippen LogP contribution in [0.1, 0.15) is 11.5 Å². The van der Waals surface area contributed by atoms with E-state index < -0.39 is 10.8 Å². The van der Waals surface area contributed by atoms with Crippen LogP contribution in [0.4, 0.5) is 0 Å². The van der Waals surface area contributed by atoms with E-state index in [1.54, 1.807) is 0 Å². The van der Waals surface area contributed by atoms with Crippen LogP contribution in [0, 0.1) is 0 Å². The van der Waals surface area contributed by atoms with Gasteiger partial charge in [-0.1, -0.05) is 42.5 Å². The Morgan fingerprint density at radius 3 is 2.79 bits per heavy atom. The van der Waals surface area contributed by atoms with Crippen molar-refractivity contribution in [2.45, 2.75) is 16.1 Å². The smallest absolute Gasteiger partial charge is 0.0681 e. The summed E-state index contributed by atoms with van der Waals surface area (Å²) in [4.78, 5) is 1.01. The Hall–Kier alpha value is -1.15. The Bertz CT molecular complexity index is 459. The molecular formula is C12H10OS. The van der Waals surface area contributed by atoms with Crippen LogP contribution in [0.15, 0.2) is 53.5 Å². The van der Waals surface area contributed by atoms with Crippen molar-refractivity contribution in [3.8, 4) is 0 Å². The number of fused-ring (bicyclic) bond motifs is 3. The minimum absolute atomic E-state index is 0.164. The molecule has 0 N–H and O–H groups in total. The Labute approximate surface area is 85.6 Å². The molecule has 1 nitrogen and oxygen atoms in total. The molecule has 0 fully saturated rings. The summed E-state index contributed by atoms with van der Waals surface area (Å²) in [5.41, 5.74) is 1.23. The fraction of sp³-hybridized carbons (Fsp3) is 0.167. The van der Waals surface area contributed by atoms with Crippen LogP contribution < -0.4 is 0 Å². The predicted molar refractivity (Wildman–Crippen MR) is 57.7 cm³/mol. The minimum Gasteiger partial charge on any atom is -0.254 e. The first-order valence-corrected chi connectivity index (χ1v) is 5.94. The molecule has 1 heterocycles. The second kappa shape index (κ2) is 2.92. The van der Waals surface area contributed by atoms with Gasteiger partial charge in [-0.15, -0.1) is 0 Å². The van der Waals surface area contributed by atoms with Crippen molar-refractivity contribution in [3.05, 3.63) is 54.1 Å². The predicted octanol–water partition coefficient (Wildman–Crippen LogP) is 2.39. The van der Waals surface area contributed by atoms with Gasteiger partial charge >= 0.3 is 0 Å². The Morgan fingerprint density at radius 2 is 1.86 bits per heavy atom. The van der Waals surface area contributed by atoms with Gasteiger partial charge in [0.2, 0.25) is 0 Å². The lowest BCUT2D eigenvalue weighted by Gasteiger charge is -2.13. The van der Waals surface area contributed by atoms with Crippen molar-refractivity contribution in [1.29, 1.82) is 0 Å². The van der Waals surface area contributed by atoms with Crippen LogP contribution >= 0.6 is 0 Å². The number of benzene rings is 1. The summed E-state index contributed by atoms with van der Waals surface area (Å²) in [5.74, 6) is 0.331. The van der Waals surface area contributed by atoms with E-state index in [1.807, 2.05) is 30.4 Å². The molecule has 0 spiro atoms. The van der Waals surface area contributed by atoms with Crippen LogP contribution in [0.3, 0.4) is 0 Å². The van der Waals surface area contributed by atoms with Crippen molar-refractivity contribution >= 4 is 10.8 Å². The zero-order valence-corrected chi connectivity index (χ0v) is 8.41. The molecule has 0 bridgehead atoms. The van der Waals surface area contributed by atoms with Gasteiger partial charge in [0.1, 0.15) is 0 Å². The van der Waals surface area contributed by atoms with E-state index >= 15 is 0 Å². The normalized spacial score (nSPS) is 32.7. The van der Waals surface area contributed by atoms with E-state index in [0.717, 1.165) is 4.90 Å². The summed E-state index contributed by atoms with van der Waals surface area (Å²) in [6.07, 6.45) is 8.24. The molecule has 70 valence electrons. The molecule has 3 rings (SSSR count). The van der Waals surface area contributed by atoms with Crippen molar-refractivity contribution in [1.82, 2.24) is 0 Å². The highest BCUT2D eigenvalue weighted by molar-refractivity contribution is 7.86. The van der Waals surface area contributed by atoms with Crippen molar-refractivity contribution in [3.63, 3.8) is 0 Å². The molecule has 0 saturated heterocycles. The maximum Gasteiger partial charge on any atom is 0.0681 e. The third-order valence-electron chi connectivity index (χ3n) is 2.83. The van der Waals surface area contributed by atoms with Gasteiger partial charge in [0.25, 0.3) is 0 Å². The topological polar surface area (TPSA) is 17.1 Å². The van der Waals surface area contributed by atoms with Crippen LogP contribution in [-0.2, 0) is 10.8 Å². The molecule has 0 radical (unpaired) electrons. The van der Waals surface area contributed by atoms with Gasteiger partial charge in [0, 0.05) is 10.8 Å². The molecule has 1 aliphatic carbocycles. The molecule has 3 unspecified atom stereocenters. The maximum absolute atomic E-state index is 12.1. The summed E-state index contributed by atoms with van der Waals surface area (Å²) in [6.45, 7) is 0. The molecule has 1 aliphatic heterocycles. The third-order valence-corrected chi connectivity index (χ3v) is 4.58. The minimum atomic E-state index is -0.852. The number of hydrogen-bond donors (Lipinski definition) is 0. The molecule has 14 heavy (non-hydrogen) atoms. The summed E-state index contributed by atoms with van der Waals surface area (Å²) in [7, 11) is -0.852. The fourth-order valence-corrected chi connectivity index (χ4v) is 3.84. The Kier molecular flexibility index (Phi) is 1.71. The lowest BCUT2D eigenvalue weighted by molar-refractivity contribution is 0.679. The summed E-state index contributed by atoms with van der Waals surface area (Å²) in [6, 6.07) is 8.04. The molecule has 2 aliphatic rings. The summed E-state index contributed by atoms with van der Waals surface area (Å²) in [5, 5.41) is 0.164. The summed E-state index contributed by atoms with van der Waals surface area (Å²) >= 11 is 0. The van der Waals surface area contributed by atoms with E-state index in [9.17, 15) is 4.21 Å². The van der Waals surface area contributed by atoms with Gasteiger partial charge in [-0.25, -0.2) is 0 Å². The molecule has 0 amide bonds. The van der Waals surface area contributed by atoms with Crippen molar-refractivity contribution in [2.75, 3.05) is 0 Å². The second-order valence-corrected chi connectivity index (χ2v) is 5.17. The average Bonchev–Trinajstić information content (AvgIpc) is 2.55. The Balaban J connectivity index is 2.22. The van der Waals surface area contributed by atoms with Crippen molar-refractivity contribution < 1.29 is 4.21 Å². The molecule has 2 heteroatoms. The van der Waals surface area contributed by atoms with E-state index in [-0.39, 0.29) is 5.25 Å². The Morgan fingerprint density at radius 1 is 1.07 bits per heavy atom. The first-order chi connectivity index (χ1) is 6.88. The quantitative estimate of drug-likeness (QED) is 0.631. The number of allylic oxidation sites excluding steroid dienone is 3. The first kappa shape index (κ1) is 8.18. The van der Waals surface area contributed by atoms with Crippen LogP contribution in [0.25, 0.3) is 0 Å². The van der Waals surface area contributed by atoms with Crippen LogP contribution in [0.2, 0.25) is 0 Å². The SMILES string of the molecule is O=S1c2ccccc2C2C=CC=CC21. The highest BCUT2D eigenvalue weighted by atomic mass is 32.2. The van der Waals surface area contributed by atoms with E-state index in [4.69, 9.17) is 0 Å². The molecule has 0 aromatic heterocycles. The zero-order chi connectivity index (χ0) is 9.54. The summed E-state index contributed by atoms with van der Waals surface area (Å²) < 4.78 is 12.1. The fourth-order valence-electron chi connectivity index (χ4n) is 2.16. The van der Waals surface area contributed by atoms with Gasteiger partial charge < -0.3 is 0 Å². The highest BCUT2D eigenvalue weighted by Crippen LogP contribution is 2.40. The first-order valence-electron chi connectivity index (χ1n) is 4.72. The molecule has 1 aromatic rings. The van der Waals surface area contributed by atoms with Gasteiger partial charge in [0.05, 0.1) is 16.0 Å². The monoisotopic (exact) mass is 202 g/mol. The third kappa shape index (κ3) is 0.976. The van der Waals surface area contributed by atoms with Crippen LogP contribution in [-0.4, -0.2) is 9.46 Å². The lowest BCUT2D eigenvalue weighted by Crippen LogP contribution is -2.13. The standard InChI is InChI=1S/C12H10OS/c13-14-11-7-3-1-5-9(11)10-6-2-4-8-12(10)14/h1-9,11H. The maximum atomic E-state index is 12.1. The van der Waals surface area contributed by atoms with E-state index in [2.05, 4.69) is 18.2 Å². The largest absolute Gasteiger partial charge is 0.254 e. The van der Waals surface area contributed by atoms with Gasteiger partial charge in [-0.2, -0.15) is 0 Å². The van der Waals surface area contributed by atoms with Gasteiger partial charge in [-0.05, 0) is 11.6 Å². The van der Waals surface area contributed by atoms with Crippen LogP contribution in [0.5, 0.6) is 0 Å².